The van der Waals surface area contributed by atoms with Gasteiger partial charge in [0.25, 0.3) is 0 Å². The van der Waals surface area contributed by atoms with Crippen LogP contribution in [0.1, 0.15) is 19.4 Å². The molecule has 18 heavy (non-hydrogen) atoms. The highest BCUT2D eigenvalue weighted by atomic mass is 35.5. The molecule has 0 heterocycles. The standard InChI is InChI=1S/C12H13Cl2NO3/c1-3-15(7-16)12(2,11(17)18)8-4-5-9(13)10(14)6-8/h4-7H,3H2,1-2H3,(H,17,18). The van der Waals surface area contributed by atoms with Crippen molar-refractivity contribution in [2.24, 2.45) is 0 Å². The largest absolute Gasteiger partial charge is 0.479 e. The zero-order valence-corrected chi connectivity index (χ0v) is 11.5. The smallest absolute Gasteiger partial charge is 0.334 e. The van der Waals surface area contributed by atoms with Gasteiger partial charge in [-0.25, -0.2) is 4.79 Å². The Morgan fingerprint density at radius 1 is 1.44 bits per heavy atom. The summed E-state index contributed by atoms with van der Waals surface area (Å²) < 4.78 is 0. The SMILES string of the molecule is CCN(C=O)C(C)(C(=O)O)c1ccc(Cl)c(Cl)c1. The maximum absolute atomic E-state index is 11.5. The van der Waals surface area contributed by atoms with Crippen LogP contribution in [0.15, 0.2) is 18.2 Å². The summed E-state index contributed by atoms with van der Waals surface area (Å²) in [5.74, 6) is -1.13. The minimum Gasteiger partial charge on any atom is -0.479 e. The molecule has 0 aliphatic heterocycles. The van der Waals surface area contributed by atoms with Crippen molar-refractivity contribution >= 4 is 35.6 Å². The first-order chi connectivity index (χ1) is 8.37. The van der Waals surface area contributed by atoms with E-state index in [1.165, 1.54) is 24.0 Å². The summed E-state index contributed by atoms with van der Waals surface area (Å²) in [5, 5.41) is 9.99. The van der Waals surface area contributed by atoms with Gasteiger partial charge in [0.1, 0.15) is 0 Å². The van der Waals surface area contributed by atoms with E-state index in [1.807, 2.05) is 0 Å². The van der Waals surface area contributed by atoms with E-state index in [4.69, 9.17) is 23.2 Å². The Morgan fingerprint density at radius 3 is 2.44 bits per heavy atom. The predicted molar refractivity (Wildman–Crippen MR) is 69.9 cm³/mol. The summed E-state index contributed by atoms with van der Waals surface area (Å²) in [5.41, 5.74) is -1.07. The second kappa shape index (κ2) is 5.59. The fourth-order valence-electron chi connectivity index (χ4n) is 1.71. The van der Waals surface area contributed by atoms with Gasteiger partial charge < -0.3 is 10.0 Å². The number of rotatable bonds is 5. The zero-order chi connectivity index (χ0) is 13.9. The lowest BCUT2D eigenvalue weighted by molar-refractivity contribution is -0.154. The first-order valence-corrected chi connectivity index (χ1v) is 6.04. The van der Waals surface area contributed by atoms with Crippen molar-refractivity contribution < 1.29 is 14.7 Å². The molecule has 0 fully saturated rings. The number of amides is 1. The number of hydrogen-bond donors (Lipinski definition) is 1. The third-order valence-electron chi connectivity index (χ3n) is 2.94. The number of benzene rings is 1. The van der Waals surface area contributed by atoms with Crippen LogP contribution < -0.4 is 0 Å². The zero-order valence-electron chi connectivity index (χ0n) is 9.98. The molecule has 0 aliphatic carbocycles. The molecule has 0 bridgehead atoms. The number of hydrogen-bond acceptors (Lipinski definition) is 2. The Bertz CT molecular complexity index is 478. The van der Waals surface area contributed by atoms with Crippen LogP contribution in [0, 0.1) is 0 Å². The van der Waals surface area contributed by atoms with Crippen LogP contribution >= 0.6 is 23.2 Å². The van der Waals surface area contributed by atoms with Crippen LogP contribution in [0.25, 0.3) is 0 Å². The van der Waals surface area contributed by atoms with Gasteiger partial charge in [0.2, 0.25) is 6.41 Å². The van der Waals surface area contributed by atoms with Crippen LogP contribution in [0.5, 0.6) is 0 Å². The van der Waals surface area contributed by atoms with Crippen molar-refractivity contribution in [1.82, 2.24) is 4.90 Å². The minimum atomic E-state index is -1.47. The monoisotopic (exact) mass is 289 g/mol. The summed E-state index contributed by atoms with van der Waals surface area (Å²) >= 11 is 11.7. The van der Waals surface area contributed by atoms with Gasteiger partial charge in [-0.05, 0) is 31.5 Å². The van der Waals surface area contributed by atoms with Gasteiger partial charge in [0.15, 0.2) is 5.54 Å². The van der Waals surface area contributed by atoms with E-state index in [9.17, 15) is 14.7 Å². The number of carbonyl (C=O) groups excluding carboxylic acids is 1. The number of carbonyl (C=O) groups is 2. The topological polar surface area (TPSA) is 57.6 Å². The number of aliphatic carboxylic acids is 1. The average molecular weight is 290 g/mol. The van der Waals surface area contributed by atoms with E-state index in [1.54, 1.807) is 13.0 Å². The van der Waals surface area contributed by atoms with Crippen LogP contribution in [0.3, 0.4) is 0 Å². The summed E-state index contributed by atoms with van der Waals surface area (Å²) in [6.45, 7) is 3.42. The maximum atomic E-state index is 11.5. The van der Waals surface area contributed by atoms with E-state index in [0.717, 1.165) is 0 Å². The first-order valence-electron chi connectivity index (χ1n) is 5.28. The molecular weight excluding hydrogens is 277 g/mol. The van der Waals surface area contributed by atoms with Crippen LogP contribution in [-0.2, 0) is 15.1 Å². The third-order valence-corrected chi connectivity index (χ3v) is 3.68. The molecule has 1 atom stereocenters. The molecule has 0 aliphatic rings. The fraction of sp³-hybridized carbons (Fsp3) is 0.333. The number of carboxylic acids is 1. The Kier molecular flexibility index (Phi) is 4.59. The number of halogens is 2. The molecule has 4 nitrogen and oxygen atoms in total. The minimum absolute atomic E-state index is 0.253. The van der Waals surface area contributed by atoms with Crippen molar-refractivity contribution in [2.45, 2.75) is 19.4 Å². The number of carboxylic acid groups (broad SMARTS) is 1. The molecule has 1 aromatic carbocycles. The number of nitrogens with zero attached hydrogens (tertiary/aromatic N) is 1. The average Bonchev–Trinajstić information content (AvgIpc) is 2.33. The second-order valence-electron chi connectivity index (χ2n) is 3.90. The summed E-state index contributed by atoms with van der Waals surface area (Å²) in [6, 6.07) is 4.53. The van der Waals surface area contributed by atoms with E-state index in [-0.39, 0.29) is 11.6 Å². The summed E-state index contributed by atoms with van der Waals surface area (Å²) in [6.07, 6.45) is 0.511. The molecule has 1 amide bonds. The molecule has 1 N–H and O–H groups in total. The van der Waals surface area contributed by atoms with Crippen molar-refractivity contribution in [2.75, 3.05) is 6.54 Å². The highest BCUT2D eigenvalue weighted by Crippen LogP contribution is 2.32. The Morgan fingerprint density at radius 2 is 2.06 bits per heavy atom. The summed E-state index contributed by atoms with van der Waals surface area (Å²) in [7, 11) is 0. The predicted octanol–water partition coefficient (Wildman–Crippen LogP) is 2.77. The highest BCUT2D eigenvalue weighted by Gasteiger charge is 2.40. The highest BCUT2D eigenvalue weighted by molar-refractivity contribution is 6.42. The molecule has 98 valence electrons. The van der Waals surface area contributed by atoms with Crippen LogP contribution in [0.2, 0.25) is 10.0 Å². The molecular formula is C12H13Cl2NO3. The molecule has 6 heteroatoms. The summed E-state index contributed by atoms with van der Waals surface area (Å²) in [4.78, 5) is 23.7. The van der Waals surface area contributed by atoms with Crippen LogP contribution in [-0.4, -0.2) is 28.9 Å². The molecule has 1 aromatic rings. The molecule has 0 saturated carbocycles. The van der Waals surface area contributed by atoms with Gasteiger partial charge in [-0.3, -0.25) is 4.79 Å². The fourth-order valence-corrected chi connectivity index (χ4v) is 2.01. The normalized spacial score (nSPS) is 13.8. The van der Waals surface area contributed by atoms with Crippen molar-refractivity contribution in [3.05, 3.63) is 33.8 Å². The second-order valence-corrected chi connectivity index (χ2v) is 4.71. The van der Waals surface area contributed by atoms with Gasteiger partial charge in [0, 0.05) is 6.54 Å². The van der Waals surface area contributed by atoms with E-state index in [2.05, 4.69) is 0 Å². The third kappa shape index (κ3) is 2.44. The molecule has 0 spiro atoms. The van der Waals surface area contributed by atoms with Gasteiger partial charge in [-0.15, -0.1) is 0 Å². The molecule has 0 radical (unpaired) electrons. The van der Waals surface area contributed by atoms with Crippen molar-refractivity contribution in [3.63, 3.8) is 0 Å². The lowest BCUT2D eigenvalue weighted by Crippen LogP contribution is -2.49. The molecule has 0 saturated heterocycles. The lowest BCUT2D eigenvalue weighted by Gasteiger charge is -2.35. The quantitative estimate of drug-likeness (QED) is 0.848. The van der Waals surface area contributed by atoms with E-state index in [0.29, 0.717) is 17.0 Å². The van der Waals surface area contributed by atoms with E-state index >= 15 is 0 Å². The molecule has 1 rings (SSSR count). The molecule has 0 aromatic heterocycles. The lowest BCUT2D eigenvalue weighted by atomic mass is 9.90. The maximum Gasteiger partial charge on any atom is 0.334 e. The van der Waals surface area contributed by atoms with Crippen molar-refractivity contribution in [3.8, 4) is 0 Å². The first kappa shape index (κ1) is 14.8. The van der Waals surface area contributed by atoms with Gasteiger partial charge in [-0.1, -0.05) is 29.3 Å². The van der Waals surface area contributed by atoms with Gasteiger partial charge in [0.05, 0.1) is 10.0 Å². The van der Waals surface area contributed by atoms with Gasteiger partial charge >= 0.3 is 5.97 Å². The van der Waals surface area contributed by atoms with Crippen LogP contribution in [0.4, 0.5) is 0 Å². The van der Waals surface area contributed by atoms with Crippen molar-refractivity contribution in [1.29, 1.82) is 0 Å². The van der Waals surface area contributed by atoms with E-state index < -0.39 is 11.5 Å². The number of likely N-dealkylation sites (N-methyl/N-ethyl adjacent to an activating group) is 1. The molecule has 1 unspecified atom stereocenters. The van der Waals surface area contributed by atoms with Gasteiger partial charge in [-0.2, -0.15) is 0 Å². The Hall–Kier alpha value is -1.26. The Balaban J connectivity index is 3.39. The Labute approximate surface area is 115 Å².